The van der Waals surface area contributed by atoms with E-state index >= 15 is 0 Å². The van der Waals surface area contributed by atoms with E-state index in [0.717, 1.165) is 11.0 Å². The molecule has 0 spiro atoms. The number of hydrogen-bond donors (Lipinski definition) is 1. The van der Waals surface area contributed by atoms with Crippen LogP contribution in [0.5, 0.6) is 5.75 Å². The Labute approximate surface area is 138 Å². The molecule has 0 aliphatic heterocycles. The zero-order valence-corrected chi connectivity index (χ0v) is 13.1. The van der Waals surface area contributed by atoms with Gasteiger partial charge in [-0.1, -0.05) is 12.1 Å². The molecule has 2 aromatic carbocycles. The first-order chi connectivity index (χ1) is 11.6. The van der Waals surface area contributed by atoms with Gasteiger partial charge in [-0.15, -0.1) is 0 Å². The molecule has 1 aromatic heterocycles. The standard InChI is InChI=1S/C17H17FN4O2/c1-21(10-11-24-14-8-6-13(18)7-9-14)17(23)20-22-12-19-15-4-2-3-5-16(15)22/h2-9,12H,10-11H2,1H3,(H,20,23). The van der Waals surface area contributed by atoms with E-state index in [4.69, 9.17) is 4.74 Å². The summed E-state index contributed by atoms with van der Waals surface area (Å²) < 4.78 is 19.9. The Bertz CT molecular complexity index is 832. The zero-order chi connectivity index (χ0) is 16.9. The van der Waals surface area contributed by atoms with Crippen LogP contribution in [0.4, 0.5) is 9.18 Å². The molecule has 3 rings (SSSR count). The van der Waals surface area contributed by atoms with Crippen molar-refractivity contribution in [3.05, 3.63) is 60.7 Å². The number of hydrogen-bond acceptors (Lipinski definition) is 3. The third-order valence-corrected chi connectivity index (χ3v) is 3.53. The Morgan fingerprint density at radius 3 is 2.79 bits per heavy atom. The van der Waals surface area contributed by atoms with Crippen molar-refractivity contribution >= 4 is 17.1 Å². The van der Waals surface area contributed by atoms with E-state index in [1.54, 1.807) is 30.2 Å². The second-order valence-corrected chi connectivity index (χ2v) is 5.24. The van der Waals surface area contributed by atoms with Crippen LogP contribution in [0.25, 0.3) is 11.0 Å². The summed E-state index contributed by atoms with van der Waals surface area (Å²) >= 11 is 0. The quantitative estimate of drug-likeness (QED) is 0.783. The lowest BCUT2D eigenvalue weighted by molar-refractivity contribution is 0.205. The van der Waals surface area contributed by atoms with Crippen LogP contribution < -0.4 is 10.2 Å². The summed E-state index contributed by atoms with van der Waals surface area (Å²) in [5.41, 5.74) is 4.38. The first-order valence-corrected chi connectivity index (χ1v) is 7.46. The number of carbonyl (C=O) groups is 1. The lowest BCUT2D eigenvalue weighted by atomic mass is 10.3. The van der Waals surface area contributed by atoms with Crippen molar-refractivity contribution in [3.8, 4) is 5.75 Å². The Morgan fingerprint density at radius 1 is 1.25 bits per heavy atom. The summed E-state index contributed by atoms with van der Waals surface area (Å²) in [4.78, 5) is 17.9. The molecular formula is C17H17FN4O2. The van der Waals surface area contributed by atoms with Gasteiger partial charge in [0.25, 0.3) is 0 Å². The number of likely N-dealkylation sites (N-methyl/N-ethyl adjacent to an activating group) is 1. The van der Waals surface area contributed by atoms with Gasteiger partial charge in [0.05, 0.1) is 17.6 Å². The lowest BCUT2D eigenvalue weighted by Crippen LogP contribution is -2.38. The number of urea groups is 1. The number of para-hydroxylation sites is 2. The average Bonchev–Trinajstić information content (AvgIpc) is 3.00. The Balaban J connectivity index is 1.52. The third-order valence-electron chi connectivity index (χ3n) is 3.53. The fourth-order valence-corrected chi connectivity index (χ4v) is 2.17. The Kier molecular flexibility index (Phi) is 4.60. The predicted molar refractivity (Wildman–Crippen MR) is 89.0 cm³/mol. The molecule has 0 saturated carbocycles. The van der Waals surface area contributed by atoms with Gasteiger partial charge in [0.15, 0.2) is 0 Å². The summed E-state index contributed by atoms with van der Waals surface area (Å²) in [7, 11) is 1.67. The van der Waals surface area contributed by atoms with E-state index in [1.165, 1.54) is 17.0 Å². The van der Waals surface area contributed by atoms with Crippen LogP contribution in [0.3, 0.4) is 0 Å². The second-order valence-electron chi connectivity index (χ2n) is 5.24. The molecule has 3 aromatic rings. The minimum absolute atomic E-state index is 0.277. The van der Waals surface area contributed by atoms with Crippen molar-refractivity contribution in [2.24, 2.45) is 0 Å². The molecular weight excluding hydrogens is 311 g/mol. The fourth-order valence-electron chi connectivity index (χ4n) is 2.17. The summed E-state index contributed by atoms with van der Waals surface area (Å²) in [6.07, 6.45) is 1.56. The van der Waals surface area contributed by atoms with Crippen molar-refractivity contribution in [3.63, 3.8) is 0 Å². The maximum absolute atomic E-state index is 12.8. The van der Waals surface area contributed by atoms with Gasteiger partial charge >= 0.3 is 6.03 Å². The third kappa shape index (κ3) is 3.62. The first-order valence-electron chi connectivity index (χ1n) is 7.46. The molecule has 7 heteroatoms. The number of halogens is 1. The van der Waals surface area contributed by atoms with Crippen molar-refractivity contribution in [2.45, 2.75) is 0 Å². The van der Waals surface area contributed by atoms with Crippen molar-refractivity contribution < 1.29 is 13.9 Å². The minimum atomic E-state index is -0.314. The molecule has 1 heterocycles. The Morgan fingerprint density at radius 2 is 2.00 bits per heavy atom. The molecule has 0 fully saturated rings. The summed E-state index contributed by atoms with van der Waals surface area (Å²) in [5, 5.41) is 0. The zero-order valence-electron chi connectivity index (χ0n) is 13.1. The number of imidazole rings is 1. The molecule has 1 N–H and O–H groups in total. The number of benzene rings is 2. The van der Waals surface area contributed by atoms with Gasteiger partial charge in [0.1, 0.15) is 24.5 Å². The van der Waals surface area contributed by atoms with E-state index in [2.05, 4.69) is 10.4 Å². The van der Waals surface area contributed by atoms with Crippen LogP contribution in [0, 0.1) is 5.82 Å². The first kappa shape index (κ1) is 15.8. The number of fused-ring (bicyclic) bond motifs is 1. The fraction of sp³-hybridized carbons (Fsp3) is 0.176. The normalized spacial score (nSPS) is 10.6. The highest BCUT2D eigenvalue weighted by Crippen LogP contribution is 2.11. The number of amides is 2. The van der Waals surface area contributed by atoms with Crippen molar-refractivity contribution in [1.29, 1.82) is 0 Å². The van der Waals surface area contributed by atoms with Crippen LogP contribution in [-0.4, -0.2) is 40.8 Å². The van der Waals surface area contributed by atoms with Gasteiger partial charge in [0.2, 0.25) is 0 Å². The van der Waals surface area contributed by atoms with Gasteiger partial charge in [0, 0.05) is 7.05 Å². The topological polar surface area (TPSA) is 59.4 Å². The highest BCUT2D eigenvalue weighted by Gasteiger charge is 2.10. The van der Waals surface area contributed by atoms with E-state index in [1.807, 2.05) is 24.3 Å². The van der Waals surface area contributed by atoms with Gasteiger partial charge in [-0.2, -0.15) is 0 Å². The summed E-state index contributed by atoms with van der Waals surface area (Å²) in [5.74, 6) is 0.247. The number of nitrogens with one attached hydrogen (secondary N) is 1. The van der Waals surface area contributed by atoms with Gasteiger partial charge in [-0.05, 0) is 36.4 Å². The van der Waals surface area contributed by atoms with Crippen LogP contribution in [-0.2, 0) is 0 Å². The van der Waals surface area contributed by atoms with Crippen molar-refractivity contribution in [1.82, 2.24) is 14.6 Å². The molecule has 24 heavy (non-hydrogen) atoms. The lowest BCUT2D eigenvalue weighted by Gasteiger charge is -2.18. The molecule has 0 aliphatic rings. The summed E-state index contributed by atoms with van der Waals surface area (Å²) in [6.45, 7) is 0.691. The van der Waals surface area contributed by atoms with Crippen LogP contribution >= 0.6 is 0 Å². The number of ether oxygens (including phenoxy) is 1. The van der Waals surface area contributed by atoms with Crippen LogP contribution in [0.1, 0.15) is 0 Å². The number of aromatic nitrogens is 2. The number of nitrogens with zero attached hydrogens (tertiary/aromatic N) is 3. The largest absolute Gasteiger partial charge is 0.492 e. The second kappa shape index (κ2) is 6.99. The van der Waals surface area contributed by atoms with Crippen molar-refractivity contribution in [2.75, 3.05) is 25.6 Å². The van der Waals surface area contributed by atoms with E-state index in [9.17, 15) is 9.18 Å². The molecule has 2 amide bonds. The smallest absolute Gasteiger partial charge is 0.336 e. The van der Waals surface area contributed by atoms with Gasteiger partial charge in [-0.3, -0.25) is 0 Å². The molecule has 124 valence electrons. The highest BCUT2D eigenvalue weighted by molar-refractivity contribution is 5.84. The molecule has 0 atom stereocenters. The average molecular weight is 328 g/mol. The van der Waals surface area contributed by atoms with Crippen LogP contribution in [0.2, 0.25) is 0 Å². The Hall–Kier alpha value is -3.09. The molecule has 0 radical (unpaired) electrons. The molecule has 0 saturated heterocycles. The van der Waals surface area contributed by atoms with E-state index in [-0.39, 0.29) is 11.8 Å². The van der Waals surface area contributed by atoms with E-state index < -0.39 is 0 Å². The highest BCUT2D eigenvalue weighted by atomic mass is 19.1. The molecule has 6 nitrogen and oxygen atoms in total. The van der Waals surface area contributed by atoms with Gasteiger partial charge < -0.3 is 9.64 Å². The monoisotopic (exact) mass is 328 g/mol. The maximum Gasteiger partial charge on any atom is 0.336 e. The van der Waals surface area contributed by atoms with Gasteiger partial charge in [-0.25, -0.2) is 24.3 Å². The molecule has 0 bridgehead atoms. The minimum Gasteiger partial charge on any atom is -0.492 e. The molecule has 0 unspecified atom stereocenters. The maximum atomic E-state index is 12.8. The van der Waals surface area contributed by atoms with E-state index in [0.29, 0.717) is 18.9 Å². The number of carbonyl (C=O) groups excluding carboxylic acids is 1. The van der Waals surface area contributed by atoms with Crippen LogP contribution in [0.15, 0.2) is 54.9 Å². The number of rotatable bonds is 5. The predicted octanol–water partition coefficient (Wildman–Crippen LogP) is 2.85. The SMILES string of the molecule is CN(CCOc1ccc(F)cc1)C(=O)Nn1cnc2ccccc21. The summed E-state index contributed by atoms with van der Waals surface area (Å²) in [6, 6.07) is 13.0. The molecule has 0 aliphatic carbocycles.